The molecular formula is C16H19ClN4. The van der Waals surface area contributed by atoms with Crippen LogP contribution in [0.15, 0.2) is 24.5 Å². The van der Waals surface area contributed by atoms with Gasteiger partial charge in [-0.2, -0.15) is 0 Å². The summed E-state index contributed by atoms with van der Waals surface area (Å²) < 4.78 is 2.31. The molecule has 0 atom stereocenters. The van der Waals surface area contributed by atoms with E-state index in [2.05, 4.69) is 21.5 Å². The summed E-state index contributed by atoms with van der Waals surface area (Å²) >= 11 is 5.81. The largest absolute Gasteiger partial charge is 0.326 e. The summed E-state index contributed by atoms with van der Waals surface area (Å²) in [5, 5.41) is 0. The van der Waals surface area contributed by atoms with E-state index in [1.807, 2.05) is 24.5 Å². The highest BCUT2D eigenvalue weighted by molar-refractivity contribution is 6.17. The molecule has 3 heterocycles. The first-order valence-electron chi connectivity index (χ1n) is 7.50. The van der Waals surface area contributed by atoms with Gasteiger partial charge in [-0.15, -0.1) is 11.6 Å². The molecule has 21 heavy (non-hydrogen) atoms. The van der Waals surface area contributed by atoms with Gasteiger partial charge in [-0.25, -0.2) is 4.98 Å². The van der Waals surface area contributed by atoms with Gasteiger partial charge in [0.05, 0.1) is 17.2 Å². The number of hydrogen-bond acceptors (Lipinski definition) is 3. The number of halogens is 1. The normalized spacial score (nSPS) is 11.5. The third kappa shape index (κ3) is 2.72. The molecule has 5 heteroatoms. The average molecular weight is 303 g/mol. The lowest BCUT2D eigenvalue weighted by molar-refractivity contribution is 0.613. The zero-order valence-corrected chi connectivity index (χ0v) is 13.0. The molecule has 0 saturated carbocycles. The van der Waals surface area contributed by atoms with E-state index in [4.69, 9.17) is 16.6 Å². The number of pyridine rings is 2. The number of fused-ring (bicyclic) bond motifs is 3. The summed E-state index contributed by atoms with van der Waals surface area (Å²) in [5.41, 5.74) is 3.91. The summed E-state index contributed by atoms with van der Waals surface area (Å²) in [4.78, 5) is 13.7. The summed E-state index contributed by atoms with van der Waals surface area (Å²) in [7, 11) is 0. The lowest BCUT2D eigenvalue weighted by Crippen LogP contribution is -2.05. The van der Waals surface area contributed by atoms with Gasteiger partial charge in [-0.05, 0) is 31.4 Å². The molecule has 0 aliphatic heterocycles. The number of imidazole rings is 1. The Balaban J connectivity index is 2.17. The molecule has 3 aromatic rings. The minimum atomic E-state index is 0.705. The maximum Gasteiger partial charge on any atom is 0.115 e. The third-order valence-corrected chi connectivity index (χ3v) is 3.92. The van der Waals surface area contributed by atoms with Gasteiger partial charge >= 0.3 is 0 Å². The molecule has 3 rings (SSSR count). The van der Waals surface area contributed by atoms with Crippen LogP contribution in [0.1, 0.15) is 32.0 Å². The lowest BCUT2D eigenvalue weighted by atomic mass is 10.2. The SMILES string of the molecule is CCCc1nc2cnc3cccnc3c2n1CCCCCl. The summed E-state index contributed by atoms with van der Waals surface area (Å²) in [6, 6.07) is 3.92. The Morgan fingerprint density at radius 3 is 2.90 bits per heavy atom. The van der Waals surface area contributed by atoms with Crippen molar-refractivity contribution >= 4 is 33.7 Å². The maximum absolute atomic E-state index is 5.81. The molecule has 0 aliphatic carbocycles. The second-order valence-corrected chi connectivity index (χ2v) is 5.57. The number of hydrogen-bond donors (Lipinski definition) is 0. The van der Waals surface area contributed by atoms with Crippen LogP contribution in [-0.4, -0.2) is 25.4 Å². The van der Waals surface area contributed by atoms with E-state index in [9.17, 15) is 0 Å². The fourth-order valence-electron chi connectivity index (χ4n) is 2.69. The second kappa shape index (κ2) is 6.39. The highest BCUT2D eigenvalue weighted by atomic mass is 35.5. The van der Waals surface area contributed by atoms with Gasteiger partial charge in [0.2, 0.25) is 0 Å². The van der Waals surface area contributed by atoms with Crippen LogP contribution in [0.3, 0.4) is 0 Å². The van der Waals surface area contributed by atoms with Crippen LogP contribution in [0.5, 0.6) is 0 Å². The molecule has 110 valence electrons. The van der Waals surface area contributed by atoms with E-state index < -0.39 is 0 Å². The molecule has 0 aliphatic rings. The molecule has 3 aromatic heterocycles. The van der Waals surface area contributed by atoms with Crippen LogP contribution < -0.4 is 0 Å². The minimum absolute atomic E-state index is 0.705. The molecule has 0 N–H and O–H groups in total. The molecular weight excluding hydrogens is 284 g/mol. The fraction of sp³-hybridized carbons (Fsp3) is 0.438. The van der Waals surface area contributed by atoms with Crippen LogP contribution in [-0.2, 0) is 13.0 Å². The number of aromatic nitrogens is 4. The van der Waals surface area contributed by atoms with Gasteiger partial charge in [0, 0.05) is 25.0 Å². The predicted octanol–water partition coefficient (Wildman–Crippen LogP) is 3.95. The second-order valence-electron chi connectivity index (χ2n) is 5.19. The van der Waals surface area contributed by atoms with Crippen LogP contribution in [0.4, 0.5) is 0 Å². The smallest absolute Gasteiger partial charge is 0.115 e. The van der Waals surface area contributed by atoms with Crippen LogP contribution in [0.25, 0.3) is 22.1 Å². The molecule has 0 spiro atoms. The van der Waals surface area contributed by atoms with Crippen LogP contribution >= 0.6 is 11.6 Å². The van der Waals surface area contributed by atoms with Crippen molar-refractivity contribution in [3.05, 3.63) is 30.4 Å². The van der Waals surface area contributed by atoms with Gasteiger partial charge in [-0.3, -0.25) is 9.97 Å². The maximum atomic E-state index is 5.81. The minimum Gasteiger partial charge on any atom is -0.326 e. The summed E-state index contributed by atoms with van der Waals surface area (Å²) in [6.07, 6.45) is 7.81. The van der Waals surface area contributed by atoms with Crippen molar-refractivity contribution in [3.63, 3.8) is 0 Å². The van der Waals surface area contributed by atoms with Crippen molar-refractivity contribution in [2.45, 2.75) is 39.2 Å². The third-order valence-electron chi connectivity index (χ3n) is 3.65. The van der Waals surface area contributed by atoms with Gasteiger partial charge < -0.3 is 4.57 Å². The molecule has 0 unspecified atom stereocenters. The van der Waals surface area contributed by atoms with Gasteiger partial charge in [-0.1, -0.05) is 6.92 Å². The van der Waals surface area contributed by atoms with E-state index in [0.29, 0.717) is 5.88 Å². The van der Waals surface area contributed by atoms with Gasteiger partial charge in [0.15, 0.2) is 0 Å². The highest BCUT2D eigenvalue weighted by Crippen LogP contribution is 2.24. The zero-order chi connectivity index (χ0) is 14.7. The van der Waals surface area contributed by atoms with Crippen molar-refractivity contribution in [1.82, 2.24) is 19.5 Å². The number of nitrogens with zero attached hydrogens (tertiary/aromatic N) is 4. The Bertz CT molecular complexity index is 750. The first-order chi connectivity index (χ1) is 10.3. The van der Waals surface area contributed by atoms with Crippen molar-refractivity contribution in [3.8, 4) is 0 Å². The van der Waals surface area contributed by atoms with Crippen molar-refractivity contribution in [2.24, 2.45) is 0 Å². The molecule has 0 amide bonds. The van der Waals surface area contributed by atoms with E-state index in [-0.39, 0.29) is 0 Å². The first kappa shape index (κ1) is 14.3. The quantitative estimate of drug-likeness (QED) is 0.511. The Labute approximate surface area is 129 Å². The molecule has 0 radical (unpaired) electrons. The average Bonchev–Trinajstić information content (AvgIpc) is 2.86. The molecule has 0 aromatic carbocycles. The van der Waals surface area contributed by atoms with E-state index >= 15 is 0 Å². The fourth-order valence-corrected chi connectivity index (χ4v) is 2.88. The Hall–Kier alpha value is -1.68. The molecule has 0 bridgehead atoms. The monoisotopic (exact) mass is 302 g/mol. The number of aryl methyl sites for hydroxylation is 2. The standard InChI is InChI=1S/C16H19ClN4/c1-2-6-14-20-13-11-19-12-7-5-9-18-15(12)16(13)21(14)10-4-3-8-17/h5,7,9,11H,2-4,6,8,10H2,1H3. The Morgan fingerprint density at radius 2 is 2.10 bits per heavy atom. The van der Waals surface area contributed by atoms with E-state index in [1.54, 1.807) is 0 Å². The van der Waals surface area contributed by atoms with Crippen LogP contribution in [0, 0.1) is 0 Å². The first-order valence-corrected chi connectivity index (χ1v) is 8.03. The van der Waals surface area contributed by atoms with E-state index in [0.717, 1.165) is 60.1 Å². The van der Waals surface area contributed by atoms with Crippen LogP contribution in [0.2, 0.25) is 0 Å². The van der Waals surface area contributed by atoms with Gasteiger partial charge in [0.25, 0.3) is 0 Å². The molecule has 0 fully saturated rings. The van der Waals surface area contributed by atoms with Crippen molar-refractivity contribution in [2.75, 3.05) is 5.88 Å². The van der Waals surface area contributed by atoms with Crippen molar-refractivity contribution in [1.29, 1.82) is 0 Å². The molecule has 4 nitrogen and oxygen atoms in total. The lowest BCUT2D eigenvalue weighted by Gasteiger charge is -2.09. The Morgan fingerprint density at radius 1 is 1.19 bits per heavy atom. The predicted molar refractivity (Wildman–Crippen MR) is 86.8 cm³/mol. The zero-order valence-electron chi connectivity index (χ0n) is 12.2. The van der Waals surface area contributed by atoms with Gasteiger partial charge in [0.1, 0.15) is 16.9 Å². The topological polar surface area (TPSA) is 43.6 Å². The van der Waals surface area contributed by atoms with Crippen molar-refractivity contribution < 1.29 is 0 Å². The number of alkyl halides is 1. The Kier molecular flexibility index (Phi) is 4.34. The molecule has 0 saturated heterocycles. The number of rotatable bonds is 6. The number of unbranched alkanes of at least 4 members (excludes halogenated alkanes) is 1. The summed E-state index contributed by atoms with van der Waals surface area (Å²) in [6.45, 7) is 3.12. The summed E-state index contributed by atoms with van der Waals surface area (Å²) in [5.74, 6) is 1.83. The highest BCUT2D eigenvalue weighted by Gasteiger charge is 2.14. The van der Waals surface area contributed by atoms with E-state index in [1.165, 1.54) is 0 Å².